The minimum atomic E-state index is -0.391. The zero-order chi connectivity index (χ0) is 17.9. The predicted molar refractivity (Wildman–Crippen MR) is 94.7 cm³/mol. The van der Waals surface area contributed by atoms with Crippen LogP contribution in [-0.4, -0.2) is 38.1 Å². The molecular weight excluding hydrogens is 332 g/mol. The summed E-state index contributed by atoms with van der Waals surface area (Å²) in [6.07, 6.45) is 4.72. The second-order valence-electron chi connectivity index (χ2n) is 5.98. The first-order valence-corrected chi connectivity index (χ1v) is 8.18. The Hall–Kier alpha value is -3.55. The molecule has 0 radical (unpaired) electrons. The van der Waals surface area contributed by atoms with Gasteiger partial charge in [-0.05, 0) is 24.3 Å². The van der Waals surface area contributed by atoms with Crippen LogP contribution in [0, 0.1) is 5.92 Å². The fraction of sp³-hybridized carbons (Fsp3) is 0.167. The van der Waals surface area contributed by atoms with Crippen LogP contribution in [-0.2, 0) is 9.59 Å². The number of para-hydroxylation sites is 1. The highest BCUT2D eigenvalue weighted by molar-refractivity contribution is 6.03. The fourth-order valence-electron chi connectivity index (χ4n) is 2.91. The summed E-state index contributed by atoms with van der Waals surface area (Å²) < 4.78 is 1.53. The van der Waals surface area contributed by atoms with Gasteiger partial charge in [0.25, 0.3) is 0 Å². The number of carbonyl (C=O) groups excluding carboxylic acids is 2. The molecule has 1 aliphatic rings. The maximum absolute atomic E-state index is 12.5. The van der Waals surface area contributed by atoms with Crippen LogP contribution in [0.2, 0.25) is 0 Å². The highest BCUT2D eigenvalue weighted by atomic mass is 16.2. The largest absolute Gasteiger partial charge is 0.324 e. The van der Waals surface area contributed by atoms with E-state index >= 15 is 0 Å². The summed E-state index contributed by atoms with van der Waals surface area (Å²) in [5.41, 5.74) is 1.39. The lowest BCUT2D eigenvalue weighted by atomic mass is 10.1. The Kier molecular flexibility index (Phi) is 4.14. The van der Waals surface area contributed by atoms with Gasteiger partial charge in [0.15, 0.2) is 5.82 Å². The van der Waals surface area contributed by atoms with Crippen molar-refractivity contribution in [3.63, 3.8) is 0 Å². The molecule has 3 aromatic rings. The van der Waals surface area contributed by atoms with Crippen LogP contribution in [0.3, 0.4) is 0 Å². The average Bonchev–Trinajstić information content (AvgIpc) is 3.33. The van der Waals surface area contributed by atoms with E-state index in [-0.39, 0.29) is 18.2 Å². The van der Waals surface area contributed by atoms with E-state index in [0.717, 1.165) is 5.69 Å². The van der Waals surface area contributed by atoms with E-state index in [4.69, 9.17) is 0 Å². The van der Waals surface area contributed by atoms with Gasteiger partial charge in [-0.1, -0.05) is 18.2 Å². The Balaban J connectivity index is 1.41. The minimum absolute atomic E-state index is 0.0454. The molecule has 0 unspecified atom stereocenters. The summed E-state index contributed by atoms with van der Waals surface area (Å²) in [5, 5.41) is 6.82. The van der Waals surface area contributed by atoms with Crippen LogP contribution in [0.5, 0.6) is 0 Å². The molecule has 0 bridgehead atoms. The Morgan fingerprint density at radius 3 is 2.69 bits per heavy atom. The number of rotatable bonds is 4. The van der Waals surface area contributed by atoms with Crippen molar-refractivity contribution in [2.75, 3.05) is 16.8 Å². The molecule has 0 aliphatic carbocycles. The van der Waals surface area contributed by atoms with Crippen molar-refractivity contribution in [2.45, 2.75) is 6.42 Å². The van der Waals surface area contributed by atoms with Gasteiger partial charge >= 0.3 is 0 Å². The third-order valence-electron chi connectivity index (χ3n) is 4.23. The standard InChI is InChI=1S/C18H16N6O2/c25-17-8-13(10-23(17)15-4-2-1-3-5-15)18(26)22-14-6-7-16(20-9-14)24-12-19-11-21-24/h1-7,9,11-13H,8,10H2,(H,22,26)/t13-/m0/s1. The quantitative estimate of drug-likeness (QED) is 0.774. The SMILES string of the molecule is O=C(Nc1ccc(-n2cncn2)nc1)[C@H]1CC(=O)N(c2ccccc2)C1. The third-order valence-corrected chi connectivity index (χ3v) is 4.23. The second-order valence-corrected chi connectivity index (χ2v) is 5.98. The number of aromatic nitrogens is 4. The summed E-state index contributed by atoms with van der Waals surface area (Å²) in [7, 11) is 0. The lowest BCUT2D eigenvalue weighted by Crippen LogP contribution is -2.28. The predicted octanol–water partition coefficient (Wildman–Crippen LogP) is 1.65. The molecule has 0 spiro atoms. The van der Waals surface area contributed by atoms with Crippen molar-refractivity contribution in [3.05, 3.63) is 61.3 Å². The van der Waals surface area contributed by atoms with Gasteiger partial charge in [-0.3, -0.25) is 9.59 Å². The van der Waals surface area contributed by atoms with Gasteiger partial charge in [-0.2, -0.15) is 5.10 Å². The minimum Gasteiger partial charge on any atom is -0.324 e. The number of anilines is 2. The maximum Gasteiger partial charge on any atom is 0.229 e. The fourth-order valence-corrected chi connectivity index (χ4v) is 2.91. The molecule has 1 fully saturated rings. The Bertz CT molecular complexity index is 909. The van der Waals surface area contributed by atoms with Gasteiger partial charge < -0.3 is 10.2 Å². The maximum atomic E-state index is 12.5. The number of hydrogen-bond acceptors (Lipinski definition) is 5. The van der Waals surface area contributed by atoms with E-state index in [1.165, 1.54) is 11.0 Å². The summed E-state index contributed by atoms with van der Waals surface area (Å²) in [5.74, 6) is -0.0208. The number of hydrogen-bond donors (Lipinski definition) is 1. The summed E-state index contributed by atoms with van der Waals surface area (Å²) in [6, 6.07) is 12.9. The first-order valence-electron chi connectivity index (χ1n) is 8.18. The number of pyridine rings is 1. The number of nitrogens with one attached hydrogen (secondary N) is 1. The number of carbonyl (C=O) groups is 2. The van der Waals surface area contributed by atoms with Gasteiger partial charge in [0.1, 0.15) is 12.7 Å². The van der Waals surface area contributed by atoms with Crippen LogP contribution in [0.1, 0.15) is 6.42 Å². The van der Waals surface area contributed by atoms with Crippen LogP contribution in [0.25, 0.3) is 5.82 Å². The zero-order valence-electron chi connectivity index (χ0n) is 13.8. The summed E-state index contributed by atoms with van der Waals surface area (Å²) >= 11 is 0. The first kappa shape index (κ1) is 15.9. The zero-order valence-corrected chi connectivity index (χ0v) is 13.8. The van der Waals surface area contributed by atoms with Gasteiger partial charge in [-0.15, -0.1) is 0 Å². The molecule has 130 valence electrons. The van der Waals surface area contributed by atoms with Crippen molar-refractivity contribution in [2.24, 2.45) is 5.92 Å². The van der Waals surface area contributed by atoms with E-state index in [1.54, 1.807) is 29.6 Å². The van der Waals surface area contributed by atoms with E-state index < -0.39 is 5.92 Å². The smallest absolute Gasteiger partial charge is 0.229 e. The lowest BCUT2D eigenvalue weighted by Gasteiger charge is -2.16. The van der Waals surface area contributed by atoms with Crippen molar-refractivity contribution in [1.82, 2.24) is 19.7 Å². The average molecular weight is 348 g/mol. The molecule has 2 aromatic heterocycles. The molecule has 26 heavy (non-hydrogen) atoms. The van der Waals surface area contributed by atoms with Crippen molar-refractivity contribution >= 4 is 23.2 Å². The molecule has 1 N–H and O–H groups in total. The topological polar surface area (TPSA) is 93.0 Å². The van der Waals surface area contributed by atoms with Crippen molar-refractivity contribution in [1.29, 1.82) is 0 Å². The normalized spacial score (nSPS) is 16.7. The third kappa shape index (κ3) is 3.16. The lowest BCUT2D eigenvalue weighted by molar-refractivity contribution is -0.122. The Morgan fingerprint density at radius 2 is 2.00 bits per heavy atom. The molecule has 8 nitrogen and oxygen atoms in total. The molecular formula is C18H16N6O2. The molecule has 0 saturated carbocycles. The summed E-state index contributed by atoms with van der Waals surface area (Å²) in [4.78, 5) is 34.5. The van der Waals surface area contributed by atoms with Crippen LogP contribution >= 0.6 is 0 Å². The highest BCUT2D eigenvalue weighted by Crippen LogP contribution is 2.25. The van der Waals surface area contributed by atoms with Gasteiger partial charge in [0.05, 0.1) is 17.8 Å². The molecule has 8 heteroatoms. The van der Waals surface area contributed by atoms with E-state index in [1.807, 2.05) is 30.3 Å². The first-order chi connectivity index (χ1) is 12.7. The number of amides is 2. The molecule has 2 amide bonds. The Morgan fingerprint density at radius 1 is 1.15 bits per heavy atom. The summed E-state index contributed by atoms with van der Waals surface area (Å²) in [6.45, 7) is 0.374. The monoisotopic (exact) mass is 348 g/mol. The van der Waals surface area contributed by atoms with E-state index in [9.17, 15) is 9.59 Å². The molecule has 1 saturated heterocycles. The van der Waals surface area contributed by atoms with Crippen molar-refractivity contribution < 1.29 is 9.59 Å². The van der Waals surface area contributed by atoms with Crippen molar-refractivity contribution in [3.8, 4) is 5.82 Å². The molecule has 1 aromatic carbocycles. The molecule has 1 atom stereocenters. The van der Waals surface area contributed by atoms with Crippen LogP contribution in [0.4, 0.5) is 11.4 Å². The van der Waals surface area contributed by atoms with Gasteiger partial charge in [0, 0.05) is 18.7 Å². The van der Waals surface area contributed by atoms with Gasteiger partial charge in [-0.25, -0.2) is 14.6 Å². The number of nitrogens with zero attached hydrogens (tertiary/aromatic N) is 5. The van der Waals surface area contributed by atoms with E-state index in [0.29, 0.717) is 18.1 Å². The number of benzene rings is 1. The molecule has 1 aliphatic heterocycles. The van der Waals surface area contributed by atoms with Crippen LogP contribution in [0.15, 0.2) is 61.3 Å². The molecule has 3 heterocycles. The highest BCUT2D eigenvalue weighted by Gasteiger charge is 2.35. The Labute approximate surface area is 149 Å². The van der Waals surface area contributed by atoms with E-state index in [2.05, 4.69) is 20.4 Å². The van der Waals surface area contributed by atoms with Gasteiger partial charge in [0.2, 0.25) is 11.8 Å². The van der Waals surface area contributed by atoms with Crippen LogP contribution < -0.4 is 10.2 Å². The molecule has 4 rings (SSSR count). The second kappa shape index (κ2) is 6.75.